The predicted octanol–water partition coefficient (Wildman–Crippen LogP) is 3.81. The molecule has 0 aliphatic rings. The average Bonchev–Trinajstić information content (AvgIpc) is 2.54. The monoisotopic (exact) mass is 295 g/mol. The molecule has 2 aromatic heterocycles. The lowest BCUT2D eigenvalue weighted by Crippen LogP contribution is -2.03. The van der Waals surface area contributed by atoms with Crippen LogP contribution in [0, 0.1) is 0 Å². The molecule has 2 heterocycles. The molecular weight excluding hydrogens is 278 g/mol. The summed E-state index contributed by atoms with van der Waals surface area (Å²) in [5.74, 6) is 1.37. The number of halogens is 1. The van der Waals surface area contributed by atoms with E-state index in [0.29, 0.717) is 5.92 Å². The lowest BCUT2D eigenvalue weighted by atomic mass is 10.1. The van der Waals surface area contributed by atoms with Gasteiger partial charge in [0.05, 0.1) is 11.1 Å². The molecule has 0 aliphatic heterocycles. The van der Waals surface area contributed by atoms with Crippen molar-refractivity contribution in [1.29, 1.82) is 0 Å². The Morgan fingerprint density at radius 1 is 1.35 bits per heavy atom. The van der Waals surface area contributed by atoms with E-state index in [4.69, 9.17) is 4.98 Å². The van der Waals surface area contributed by atoms with Gasteiger partial charge in [-0.2, -0.15) is 0 Å². The highest BCUT2D eigenvalue weighted by Crippen LogP contribution is 2.30. The molecule has 0 N–H and O–H groups in total. The molecule has 0 radical (unpaired) electrons. The van der Waals surface area contributed by atoms with Crippen molar-refractivity contribution in [2.45, 2.75) is 39.5 Å². The van der Waals surface area contributed by atoms with Crippen molar-refractivity contribution in [2.75, 3.05) is 0 Å². The fraction of sp³-hybridized carbons (Fsp3) is 0.538. The van der Waals surface area contributed by atoms with Crippen molar-refractivity contribution in [3.05, 3.63) is 22.2 Å². The van der Waals surface area contributed by atoms with Gasteiger partial charge in [0.1, 0.15) is 11.5 Å². The molecule has 3 nitrogen and oxygen atoms in total. The van der Waals surface area contributed by atoms with Gasteiger partial charge >= 0.3 is 0 Å². The summed E-state index contributed by atoms with van der Waals surface area (Å²) < 4.78 is 3.15. The van der Waals surface area contributed by atoms with Crippen LogP contribution in [-0.2, 0) is 13.5 Å². The molecule has 2 rings (SSSR count). The highest BCUT2D eigenvalue weighted by Gasteiger charge is 2.16. The van der Waals surface area contributed by atoms with Gasteiger partial charge in [-0.25, -0.2) is 9.97 Å². The lowest BCUT2D eigenvalue weighted by molar-refractivity contribution is 0.773. The van der Waals surface area contributed by atoms with Crippen molar-refractivity contribution in [2.24, 2.45) is 7.05 Å². The normalized spacial score (nSPS) is 11.6. The van der Waals surface area contributed by atoms with Crippen molar-refractivity contribution in [1.82, 2.24) is 14.5 Å². The van der Waals surface area contributed by atoms with E-state index < -0.39 is 0 Å². The van der Waals surface area contributed by atoms with Crippen LogP contribution in [0.5, 0.6) is 0 Å². The van der Waals surface area contributed by atoms with Crippen molar-refractivity contribution < 1.29 is 0 Å². The van der Waals surface area contributed by atoms with E-state index in [9.17, 15) is 0 Å². The number of hydrogen-bond donors (Lipinski definition) is 0. The molecule has 0 aromatic carbocycles. The van der Waals surface area contributed by atoms with Gasteiger partial charge < -0.3 is 4.57 Å². The number of fused-ring (bicyclic) bond motifs is 1. The first kappa shape index (κ1) is 12.6. The summed E-state index contributed by atoms with van der Waals surface area (Å²) >= 11 is 3.60. The Morgan fingerprint density at radius 3 is 2.65 bits per heavy atom. The zero-order chi connectivity index (χ0) is 12.6. The summed E-state index contributed by atoms with van der Waals surface area (Å²) in [6.45, 7) is 6.51. The Kier molecular flexibility index (Phi) is 3.52. The summed E-state index contributed by atoms with van der Waals surface area (Å²) in [5.41, 5.74) is 2.17. The molecule has 0 saturated carbocycles. The summed E-state index contributed by atoms with van der Waals surface area (Å²) in [7, 11) is 2.03. The topological polar surface area (TPSA) is 30.7 Å². The molecule has 0 amide bonds. The van der Waals surface area contributed by atoms with Crippen LogP contribution in [0.3, 0.4) is 0 Å². The van der Waals surface area contributed by atoms with Gasteiger partial charge in [-0.15, -0.1) is 0 Å². The van der Waals surface area contributed by atoms with E-state index in [1.165, 1.54) is 0 Å². The molecule has 0 saturated heterocycles. The van der Waals surface area contributed by atoms with Gasteiger partial charge in [0, 0.05) is 24.1 Å². The van der Waals surface area contributed by atoms with E-state index >= 15 is 0 Å². The quantitative estimate of drug-likeness (QED) is 0.862. The van der Waals surface area contributed by atoms with E-state index in [-0.39, 0.29) is 0 Å². The lowest BCUT2D eigenvalue weighted by Gasteiger charge is -2.09. The van der Waals surface area contributed by atoms with Crippen molar-refractivity contribution >= 4 is 27.0 Å². The molecule has 0 atom stereocenters. The second kappa shape index (κ2) is 4.77. The average molecular weight is 296 g/mol. The van der Waals surface area contributed by atoms with Gasteiger partial charge in [0.15, 0.2) is 0 Å². The van der Waals surface area contributed by atoms with E-state index in [1.54, 1.807) is 0 Å². The van der Waals surface area contributed by atoms with E-state index in [2.05, 4.69) is 52.4 Å². The first-order valence-electron chi connectivity index (χ1n) is 6.06. The predicted molar refractivity (Wildman–Crippen MR) is 74.3 cm³/mol. The Morgan fingerprint density at radius 2 is 2.06 bits per heavy atom. The molecule has 0 unspecified atom stereocenters. The van der Waals surface area contributed by atoms with Crippen LogP contribution in [0.25, 0.3) is 11.0 Å². The van der Waals surface area contributed by atoms with Crippen LogP contribution in [0.15, 0.2) is 10.7 Å². The second-order valence-corrected chi connectivity index (χ2v) is 5.57. The summed E-state index contributed by atoms with van der Waals surface area (Å²) in [6.07, 6.45) is 4.08. The SMILES string of the molecule is CCCc1nc(C(C)C)c2c(Br)cn(C)c2n1. The molecular formula is C13H18BrN3. The zero-order valence-corrected chi connectivity index (χ0v) is 12.4. The minimum atomic E-state index is 0.412. The Labute approximate surface area is 110 Å². The highest BCUT2D eigenvalue weighted by molar-refractivity contribution is 9.10. The Bertz CT molecular complexity index is 543. The molecule has 92 valence electrons. The smallest absolute Gasteiger partial charge is 0.144 e. The van der Waals surface area contributed by atoms with Crippen LogP contribution >= 0.6 is 15.9 Å². The van der Waals surface area contributed by atoms with Crippen LogP contribution in [0.1, 0.15) is 44.6 Å². The van der Waals surface area contributed by atoms with Gasteiger partial charge in [-0.3, -0.25) is 0 Å². The Balaban J connectivity index is 2.74. The van der Waals surface area contributed by atoms with E-state index in [0.717, 1.165) is 39.9 Å². The fourth-order valence-corrected chi connectivity index (χ4v) is 2.73. The van der Waals surface area contributed by atoms with Crippen LogP contribution in [0.4, 0.5) is 0 Å². The molecule has 0 fully saturated rings. The first-order chi connectivity index (χ1) is 8.04. The first-order valence-corrected chi connectivity index (χ1v) is 6.85. The third-order valence-electron chi connectivity index (χ3n) is 2.86. The van der Waals surface area contributed by atoms with Crippen molar-refractivity contribution in [3.63, 3.8) is 0 Å². The van der Waals surface area contributed by atoms with Gasteiger partial charge in [0.25, 0.3) is 0 Å². The number of rotatable bonds is 3. The molecule has 17 heavy (non-hydrogen) atoms. The maximum Gasteiger partial charge on any atom is 0.144 e. The summed E-state index contributed by atoms with van der Waals surface area (Å²) in [6, 6.07) is 0. The van der Waals surface area contributed by atoms with Crippen molar-refractivity contribution in [3.8, 4) is 0 Å². The second-order valence-electron chi connectivity index (χ2n) is 4.72. The van der Waals surface area contributed by atoms with Gasteiger partial charge in [-0.05, 0) is 28.3 Å². The van der Waals surface area contributed by atoms with E-state index in [1.807, 2.05) is 7.05 Å². The number of aromatic nitrogens is 3. The minimum absolute atomic E-state index is 0.412. The molecule has 0 aliphatic carbocycles. The van der Waals surface area contributed by atoms with Crippen LogP contribution in [0.2, 0.25) is 0 Å². The third kappa shape index (κ3) is 2.23. The standard InChI is InChI=1S/C13H18BrN3/c1-5-6-10-15-12(8(2)3)11-9(14)7-17(4)13(11)16-10/h7-8H,5-6H2,1-4H3. The zero-order valence-electron chi connectivity index (χ0n) is 10.8. The number of hydrogen-bond acceptors (Lipinski definition) is 2. The van der Waals surface area contributed by atoms with Gasteiger partial charge in [0.2, 0.25) is 0 Å². The maximum absolute atomic E-state index is 4.71. The molecule has 0 spiro atoms. The Hall–Kier alpha value is -0.900. The minimum Gasteiger partial charge on any atom is -0.334 e. The van der Waals surface area contributed by atoms with Crippen LogP contribution in [-0.4, -0.2) is 14.5 Å². The molecule has 4 heteroatoms. The number of aryl methyl sites for hydroxylation is 2. The summed E-state index contributed by atoms with van der Waals surface area (Å²) in [4.78, 5) is 9.36. The van der Waals surface area contributed by atoms with Gasteiger partial charge in [-0.1, -0.05) is 20.8 Å². The number of nitrogens with zero attached hydrogens (tertiary/aromatic N) is 3. The summed E-state index contributed by atoms with van der Waals surface area (Å²) in [5, 5.41) is 1.15. The van der Waals surface area contributed by atoms with Crippen LogP contribution < -0.4 is 0 Å². The third-order valence-corrected chi connectivity index (χ3v) is 3.47. The largest absolute Gasteiger partial charge is 0.334 e. The highest BCUT2D eigenvalue weighted by atomic mass is 79.9. The molecule has 2 aromatic rings. The maximum atomic E-state index is 4.71. The molecule has 0 bridgehead atoms. The fourth-order valence-electron chi connectivity index (χ4n) is 2.05.